The third kappa shape index (κ3) is 3.79. The number of piperidine rings is 1. The molecule has 3 rings (SSSR count). The van der Waals surface area contributed by atoms with Crippen LogP contribution in [0.15, 0.2) is 48.7 Å². The lowest BCUT2D eigenvalue weighted by Crippen LogP contribution is -2.47. The first kappa shape index (κ1) is 16.6. The molecular formula is C19H21FN2O2. The van der Waals surface area contributed by atoms with Gasteiger partial charge in [-0.3, -0.25) is 14.7 Å². The van der Waals surface area contributed by atoms with Crippen LogP contribution in [0.3, 0.4) is 0 Å². The molecule has 1 saturated heterocycles. The van der Waals surface area contributed by atoms with E-state index in [0.717, 1.165) is 24.1 Å². The Morgan fingerprint density at radius 2 is 2.17 bits per heavy atom. The zero-order chi connectivity index (χ0) is 16.9. The van der Waals surface area contributed by atoms with Crippen molar-refractivity contribution in [2.45, 2.75) is 37.8 Å². The van der Waals surface area contributed by atoms with E-state index in [9.17, 15) is 14.3 Å². The van der Waals surface area contributed by atoms with E-state index >= 15 is 0 Å². The SMILES string of the molecule is O=C(O)C1CCCCN1C(Cc1ccccn1)c1cccc(F)c1. The van der Waals surface area contributed by atoms with Crippen LogP contribution in [0, 0.1) is 5.82 Å². The average molecular weight is 328 g/mol. The van der Waals surface area contributed by atoms with Gasteiger partial charge in [-0.05, 0) is 49.2 Å². The van der Waals surface area contributed by atoms with Crippen molar-refractivity contribution >= 4 is 5.97 Å². The van der Waals surface area contributed by atoms with Crippen molar-refractivity contribution in [2.24, 2.45) is 0 Å². The van der Waals surface area contributed by atoms with Crippen LogP contribution in [-0.4, -0.2) is 33.5 Å². The maximum Gasteiger partial charge on any atom is 0.320 e. The van der Waals surface area contributed by atoms with E-state index in [1.165, 1.54) is 12.1 Å². The Morgan fingerprint density at radius 1 is 1.29 bits per heavy atom. The van der Waals surface area contributed by atoms with E-state index in [1.54, 1.807) is 12.3 Å². The highest BCUT2D eigenvalue weighted by Crippen LogP contribution is 2.31. The summed E-state index contributed by atoms with van der Waals surface area (Å²) in [6.07, 6.45) is 4.78. The van der Waals surface area contributed by atoms with Crippen LogP contribution < -0.4 is 0 Å². The van der Waals surface area contributed by atoms with E-state index in [-0.39, 0.29) is 11.9 Å². The highest BCUT2D eigenvalue weighted by atomic mass is 19.1. The number of carboxylic acids is 1. The zero-order valence-corrected chi connectivity index (χ0v) is 13.4. The van der Waals surface area contributed by atoms with E-state index in [2.05, 4.69) is 4.98 Å². The smallest absolute Gasteiger partial charge is 0.320 e. The van der Waals surface area contributed by atoms with Gasteiger partial charge in [-0.25, -0.2) is 4.39 Å². The van der Waals surface area contributed by atoms with Crippen LogP contribution in [0.1, 0.15) is 36.6 Å². The fourth-order valence-electron chi connectivity index (χ4n) is 3.45. The van der Waals surface area contributed by atoms with Gasteiger partial charge in [-0.15, -0.1) is 0 Å². The normalized spacial score (nSPS) is 19.8. The molecule has 2 atom stereocenters. The third-order valence-electron chi connectivity index (χ3n) is 4.59. The minimum Gasteiger partial charge on any atom is -0.480 e. The standard InChI is InChI=1S/C19H21FN2O2/c20-15-7-5-6-14(12-15)18(13-16-8-1-3-10-21-16)22-11-4-2-9-17(22)19(23)24/h1,3,5-8,10,12,17-18H,2,4,9,11,13H2,(H,23,24). The Bertz CT molecular complexity index is 693. The molecule has 2 unspecified atom stereocenters. The van der Waals surface area contributed by atoms with Gasteiger partial charge in [-0.1, -0.05) is 24.6 Å². The van der Waals surface area contributed by atoms with Crippen molar-refractivity contribution in [2.75, 3.05) is 6.54 Å². The van der Waals surface area contributed by atoms with Crippen molar-refractivity contribution in [3.8, 4) is 0 Å². The van der Waals surface area contributed by atoms with Gasteiger partial charge in [-0.2, -0.15) is 0 Å². The van der Waals surface area contributed by atoms with E-state index in [1.807, 2.05) is 29.2 Å². The molecule has 1 aliphatic rings. The molecule has 2 heterocycles. The number of benzene rings is 1. The van der Waals surface area contributed by atoms with Crippen molar-refractivity contribution in [3.05, 3.63) is 65.7 Å². The summed E-state index contributed by atoms with van der Waals surface area (Å²) in [5.74, 6) is -1.11. The second kappa shape index (κ2) is 7.53. The first-order valence-corrected chi connectivity index (χ1v) is 8.29. The van der Waals surface area contributed by atoms with Gasteiger partial charge in [0.25, 0.3) is 0 Å². The van der Waals surface area contributed by atoms with Crippen LogP contribution in [0.4, 0.5) is 4.39 Å². The molecule has 24 heavy (non-hydrogen) atoms. The lowest BCUT2D eigenvalue weighted by Gasteiger charge is -2.39. The fourth-order valence-corrected chi connectivity index (χ4v) is 3.45. The molecule has 4 nitrogen and oxygen atoms in total. The summed E-state index contributed by atoms with van der Waals surface area (Å²) < 4.78 is 13.7. The Kier molecular flexibility index (Phi) is 5.20. The van der Waals surface area contributed by atoms with Gasteiger partial charge in [0, 0.05) is 24.4 Å². The second-order valence-corrected chi connectivity index (χ2v) is 6.18. The van der Waals surface area contributed by atoms with Crippen molar-refractivity contribution in [3.63, 3.8) is 0 Å². The number of aromatic nitrogens is 1. The number of hydrogen-bond acceptors (Lipinski definition) is 3. The highest BCUT2D eigenvalue weighted by Gasteiger charge is 2.34. The van der Waals surface area contributed by atoms with Gasteiger partial charge in [0.1, 0.15) is 11.9 Å². The molecule has 1 N–H and O–H groups in total. The number of likely N-dealkylation sites (tertiary alicyclic amines) is 1. The topological polar surface area (TPSA) is 53.4 Å². The number of rotatable bonds is 5. The Hall–Kier alpha value is -2.27. The van der Waals surface area contributed by atoms with Gasteiger partial charge < -0.3 is 5.11 Å². The molecule has 1 fully saturated rings. The highest BCUT2D eigenvalue weighted by molar-refractivity contribution is 5.73. The van der Waals surface area contributed by atoms with E-state index in [0.29, 0.717) is 19.4 Å². The van der Waals surface area contributed by atoms with Crippen molar-refractivity contribution in [1.29, 1.82) is 0 Å². The maximum absolute atomic E-state index is 13.7. The summed E-state index contributed by atoms with van der Waals surface area (Å²) >= 11 is 0. The van der Waals surface area contributed by atoms with Gasteiger partial charge in [0.2, 0.25) is 0 Å². The van der Waals surface area contributed by atoms with Crippen molar-refractivity contribution in [1.82, 2.24) is 9.88 Å². The third-order valence-corrected chi connectivity index (χ3v) is 4.59. The average Bonchev–Trinajstić information content (AvgIpc) is 2.60. The predicted molar refractivity (Wildman–Crippen MR) is 89.1 cm³/mol. The molecule has 0 amide bonds. The molecule has 1 aromatic heterocycles. The van der Waals surface area contributed by atoms with Crippen LogP contribution in [-0.2, 0) is 11.2 Å². The maximum atomic E-state index is 13.7. The first-order chi connectivity index (χ1) is 11.6. The molecule has 5 heteroatoms. The summed E-state index contributed by atoms with van der Waals surface area (Å²) in [5, 5.41) is 9.59. The van der Waals surface area contributed by atoms with Crippen LogP contribution in [0.25, 0.3) is 0 Å². The van der Waals surface area contributed by atoms with Crippen molar-refractivity contribution < 1.29 is 14.3 Å². The molecular weight excluding hydrogens is 307 g/mol. The molecule has 2 aromatic rings. The summed E-state index contributed by atoms with van der Waals surface area (Å²) in [4.78, 5) is 18.0. The zero-order valence-electron chi connectivity index (χ0n) is 13.4. The van der Waals surface area contributed by atoms with Gasteiger partial charge >= 0.3 is 5.97 Å². The molecule has 0 aliphatic carbocycles. The van der Waals surface area contributed by atoms with Crippen LogP contribution >= 0.6 is 0 Å². The van der Waals surface area contributed by atoms with Crippen LogP contribution in [0.2, 0.25) is 0 Å². The summed E-state index contributed by atoms with van der Waals surface area (Å²) in [7, 11) is 0. The number of pyridine rings is 1. The predicted octanol–water partition coefficient (Wildman–Crippen LogP) is 3.44. The lowest BCUT2D eigenvalue weighted by molar-refractivity contribution is -0.146. The molecule has 0 spiro atoms. The van der Waals surface area contributed by atoms with Gasteiger partial charge in [0.15, 0.2) is 0 Å². The number of hydrogen-bond donors (Lipinski definition) is 1. The van der Waals surface area contributed by atoms with E-state index < -0.39 is 12.0 Å². The number of carboxylic acid groups (broad SMARTS) is 1. The lowest BCUT2D eigenvalue weighted by atomic mass is 9.93. The molecule has 126 valence electrons. The molecule has 1 aliphatic heterocycles. The Balaban J connectivity index is 1.95. The van der Waals surface area contributed by atoms with Crippen LogP contribution in [0.5, 0.6) is 0 Å². The first-order valence-electron chi connectivity index (χ1n) is 8.29. The fraction of sp³-hybridized carbons (Fsp3) is 0.368. The number of carbonyl (C=O) groups is 1. The molecule has 0 saturated carbocycles. The number of nitrogens with zero attached hydrogens (tertiary/aromatic N) is 2. The number of aliphatic carboxylic acids is 1. The van der Waals surface area contributed by atoms with E-state index in [4.69, 9.17) is 0 Å². The second-order valence-electron chi connectivity index (χ2n) is 6.18. The monoisotopic (exact) mass is 328 g/mol. The summed E-state index contributed by atoms with van der Waals surface area (Å²) in [5.41, 5.74) is 1.68. The quantitative estimate of drug-likeness (QED) is 0.913. The van der Waals surface area contributed by atoms with Gasteiger partial charge in [0.05, 0.1) is 0 Å². The molecule has 0 radical (unpaired) electrons. The number of halogens is 1. The molecule has 1 aromatic carbocycles. The molecule has 0 bridgehead atoms. The Labute approximate surface area is 141 Å². The minimum atomic E-state index is -0.808. The summed E-state index contributed by atoms with van der Waals surface area (Å²) in [6, 6.07) is 11.4. The minimum absolute atomic E-state index is 0.197. The largest absolute Gasteiger partial charge is 0.480 e. The summed E-state index contributed by atoms with van der Waals surface area (Å²) in [6.45, 7) is 0.699. The Morgan fingerprint density at radius 3 is 2.88 bits per heavy atom.